The van der Waals surface area contributed by atoms with E-state index >= 15 is 0 Å². The minimum atomic E-state index is -0.238. The number of anilines is 1. The van der Waals surface area contributed by atoms with Gasteiger partial charge in [-0.15, -0.1) is 0 Å². The molecule has 0 N–H and O–H groups in total. The van der Waals surface area contributed by atoms with Gasteiger partial charge in [0.15, 0.2) is 0 Å². The van der Waals surface area contributed by atoms with Crippen LogP contribution in [0.3, 0.4) is 0 Å². The fourth-order valence-corrected chi connectivity index (χ4v) is 3.12. The van der Waals surface area contributed by atoms with E-state index in [-0.39, 0.29) is 11.7 Å². The average Bonchev–Trinajstić information content (AvgIpc) is 2.67. The predicted molar refractivity (Wildman–Crippen MR) is 96.5 cm³/mol. The Morgan fingerprint density at radius 3 is 2.56 bits per heavy atom. The minimum absolute atomic E-state index is 0.0912. The predicted octanol–water partition coefficient (Wildman–Crippen LogP) is 3.12. The largest absolute Gasteiger partial charge is 0.497 e. The van der Waals surface area contributed by atoms with Gasteiger partial charge in [0.05, 0.1) is 7.11 Å². The summed E-state index contributed by atoms with van der Waals surface area (Å²) >= 11 is 0. The lowest BCUT2D eigenvalue weighted by Crippen LogP contribution is -2.48. The summed E-state index contributed by atoms with van der Waals surface area (Å²) in [5.74, 6) is 0.688. The second-order valence-corrected chi connectivity index (χ2v) is 6.16. The van der Waals surface area contributed by atoms with Gasteiger partial charge in [-0.25, -0.2) is 4.39 Å². The highest BCUT2D eigenvalue weighted by Gasteiger charge is 2.21. The summed E-state index contributed by atoms with van der Waals surface area (Å²) in [6.45, 7) is 2.96. The first-order valence-corrected chi connectivity index (χ1v) is 8.57. The Morgan fingerprint density at radius 2 is 1.84 bits per heavy atom. The van der Waals surface area contributed by atoms with Crippen LogP contribution < -0.4 is 9.64 Å². The zero-order valence-electron chi connectivity index (χ0n) is 14.5. The number of methoxy groups -OCH3 is 1. The van der Waals surface area contributed by atoms with Gasteiger partial charge in [0.25, 0.3) is 0 Å². The van der Waals surface area contributed by atoms with Gasteiger partial charge in [0, 0.05) is 44.4 Å². The van der Waals surface area contributed by atoms with E-state index in [9.17, 15) is 9.18 Å². The molecule has 1 saturated heterocycles. The highest BCUT2D eigenvalue weighted by Crippen LogP contribution is 2.22. The molecule has 25 heavy (non-hydrogen) atoms. The van der Waals surface area contributed by atoms with Crippen LogP contribution in [0.5, 0.6) is 5.75 Å². The fraction of sp³-hybridized carbons (Fsp3) is 0.350. The zero-order chi connectivity index (χ0) is 17.6. The molecule has 0 bridgehead atoms. The number of ether oxygens (including phenoxy) is 1. The maximum Gasteiger partial charge on any atom is 0.223 e. The molecule has 0 aliphatic carbocycles. The van der Waals surface area contributed by atoms with E-state index in [2.05, 4.69) is 11.0 Å². The summed E-state index contributed by atoms with van der Waals surface area (Å²) in [4.78, 5) is 16.5. The molecule has 1 amide bonds. The van der Waals surface area contributed by atoms with E-state index in [1.54, 1.807) is 25.3 Å². The number of rotatable bonds is 5. The molecule has 1 heterocycles. The Balaban J connectivity index is 1.51. The van der Waals surface area contributed by atoms with Crippen molar-refractivity contribution < 1.29 is 13.9 Å². The molecule has 0 aromatic heterocycles. The number of carbonyl (C=O) groups excluding carboxylic acids is 1. The van der Waals surface area contributed by atoms with Crippen LogP contribution in [0.2, 0.25) is 0 Å². The summed E-state index contributed by atoms with van der Waals surface area (Å²) in [6.07, 6.45) is 0.793. The molecule has 0 unspecified atom stereocenters. The van der Waals surface area contributed by atoms with Gasteiger partial charge >= 0.3 is 0 Å². The lowest BCUT2D eigenvalue weighted by Gasteiger charge is -2.36. The van der Waals surface area contributed by atoms with Crippen molar-refractivity contribution in [3.05, 3.63) is 59.9 Å². The van der Waals surface area contributed by atoms with Crippen molar-refractivity contribution in [1.82, 2.24) is 4.90 Å². The molecule has 0 atom stereocenters. The van der Waals surface area contributed by atoms with Gasteiger partial charge in [0.1, 0.15) is 11.6 Å². The van der Waals surface area contributed by atoms with E-state index in [1.165, 1.54) is 6.07 Å². The molecule has 2 aromatic rings. The van der Waals surface area contributed by atoms with E-state index in [1.807, 2.05) is 23.1 Å². The van der Waals surface area contributed by atoms with Crippen LogP contribution in [-0.2, 0) is 11.2 Å². The maximum atomic E-state index is 13.6. The third kappa shape index (κ3) is 4.29. The average molecular weight is 342 g/mol. The monoisotopic (exact) mass is 342 g/mol. The van der Waals surface area contributed by atoms with Gasteiger partial charge in [-0.1, -0.05) is 24.3 Å². The highest BCUT2D eigenvalue weighted by atomic mass is 19.1. The first-order chi connectivity index (χ1) is 12.2. The first-order valence-electron chi connectivity index (χ1n) is 8.57. The van der Waals surface area contributed by atoms with Crippen LogP contribution in [0.4, 0.5) is 10.1 Å². The number of benzene rings is 2. The molecule has 1 aliphatic heterocycles. The van der Waals surface area contributed by atoms with Gasteiger partial charge in [-0.05, 0) is 30.2 Å². The Morgan fingerprint density at radius 1 is 1.08 bits per heavy atom. The van der Waals surface area contributed by atoms with Crippen LogP contribution in [-0.4, -0.2) is 44.1 Å². The molecule has 5 heteroatoms. The second kappa shape index (κ2) is 8.01. The molecule has 1 fully saturated rings. The molecule has 0 saturated carbocycles. The Hall–Kier alpha value is -2.56. The van der Waals surface area contributed by atoms with E-state index in [0.29, 0.717) is 31.5 Å². The smallest absolute Gasteiger partial charge is 0.223 e. The summed E-state index contributed by atoms with van der Waals surface area (Å²) in [5.41, 5.74) is 1.71. The van der Waals surface area contributed by atoms with Crippen LogP contribution in [0.25, 0.3) is 0 Å². The van der Waals surface area contributed by atoms with Crippen LogP contribution in [0.1, 0.15) is 12.0 Å². The maximum absolute atomic E-state index is 13.6. The molecule has 3 rings (SSSR count). The van der Waals surface area contributed by atoms with Crippen molar-refractivity contribution in [2.24, 2.45) is 0 Å². The first kappa shape index (κ1) is 17.3. The SMILES string of the molecule is COc1cccc(N2CCN(C(=O)CCc3ccccc3F)CC2)c1. The standard InChI is InChI=1S/C20H23FN2O2/c1-25-18-7-4-6-17(15-18)22-11-13-23(14-12-22)20(24)10-9-16-5-2-3-8-19(16)21/h2-8,15H,9-14H2,1H3. The highest BCUT2D eigenvalue weighted by molar-refractivity contribution is 5.76. The lowest BCUT2D eigenvalue weighted by molar-refractivity contribution is -0.131. The van der Waals surface area contributed by atoms with Gasteiger partial charge < -0.3 is 14.5 Å². The van der Waals surface area contributed by atoms with Crippen LogP contribution >= 0.6 is 0 Å². The number of aryl methyl sites for hydroxylation is 1. The van der Waals surface area contributed by atoms with Crippen molar-refractivity contribution >= 4 is 11.6 Å². The van der Waals surface area contributed by atoms with Crippen molar-refractivity contribution in [1.29, 1.82) is 0 Å². The molecular formula is C20H23FN2O2. The van der Waals surface area contributed by atoms with Gasteiger partial charge in [-0.2, -0.15) is 0 Å². The summed E-state index contributed by atoms with van der Waals surface area (Å²) in [5, 5.41) is 0. The van der Waals surface area contributed by atoms with Gasteiger partial charge in [0.2, 0.25) is 5.91 Å². The molecule has 0 radical (unpaired) electrons. The Kier molecular flexibility index (Phi) is 5.53. The fourth-order valence-electron chi connectivity index (χ4n) is 3.12. The van der Waals surface area contributed by atoms with Crippen molar-refractivity contribution in [2.75, 3.05) is 38.2 Å². The second-order valence-electron chi connectivity index (χ2n) is 6.16. The number of amides is 1. The number of halogens is 1. The number of piperazine rings is 1. The molecule has 0 spiro atoms. The van der Waals surface area contributed by atoms with E-state index in [4.69, 9.17) is 4.74 Å². The third-order valence-electron chi connectivity index (χ3n) is 4.62. The number of hydrogen-bond donors (Lipinski definition) is 0. The van der Waals surface area contributed by atoms with Crippen LogP contribution in [0.15, 0.2) is 48.5 Å². The molecule has 4 nitrogen and oxygen atoms in total. The number of nitrogens with zero attached hydrogens (tertiary/aromatic N) is 2. The van der Waals surface area contributed by atoms with Crippen LogP contribution in [0, 0.1) is 5.82 Å². The minimum Gasteiger partial charge on any atom is -0.497 e. The van der Waals surface area contributed by atoms with Crippen molar-refractivity contribution in [2.45, 2.75) is 12.8 Å². The number of hydrogen-bond acceptors (Lipinski definition) is 3. The van der Waals surface area contributed by atoms with Gasteiger partial charge in [-0.3, -0.25) is 4.79 Å². The zero-order valence-corrected chi connectivity index (χ0v) is 14.5. The van der Waals surface area contributed by atoms with E-state index in [0.717, 1.165) is 24.5 Å². The molecule has 132 valence electrons. The third-order valence-corrected chi connectivity index (χ3v) is 4.62. The topological polar surface area (TPSA) is 32.8 Å². The molecule has 1 aliphatic rings. The van der Waals surface area contributed by atoms with Crippen molar-refractivity contribution in [3.8, 4) is 5.75 Å². The van der Waals surface area contributed by atoms with E-state index < -0.39 is 0 Å². The summed E-state index contributed by atoms with van der Waals surface area (Å²) in [6, 6.07) is 14.6. The van der Waals surface area contributed by atoms with Crippen molar-refractivity contribution in [3.63, 3.8) is 0 Å². The molecular weight excluding hydrogens is 319 g/mol. The number of carbonyl (C=O) groups is 1. The Labute approximate surface area is 147 Å². The normalized spacial score (nSPS) is 14.5. The summed E-state index contributed by atoms with van der Waals surface area (Å²) < 4.78 is 18.9. The lowest BCUT2D eigenvalue weighted by atomic mass is 10.1. The quantitative estimate of drug-likeness (QED) is 0.837. The Bertz CT molecular complexity index is 727. The summed E-state index contributed by atoms with van der Waals surface area (Å²) in [7, 11) is 1.66. The molecule has 2 aromatic carbocycles.